The first-order chi connectivity index (χ1) is 14.4. The minimum absolute atomic E-state index is 0.0172. The van der Waals surface area contributed by atoms with E-state index in [1.807, 2.05) is 51.2 Å². The van der Waals surface area contributed by atoms with Crippen molar-refractivity contribution in [2.24, 2.45) is 5.92 Å². The Morgan fingerprint density at radius 1 is 1.17 bits per heavy atom. The van der Waals surface area contributed by atoms with Gasteiger partial charge >= 0.3 is 0 Å². The number of nitrogens with one attached hydrogen (secondary N) is 1. The quantitative estimate of drug-likeness (QED) is 0.711. The number of ether oxygens (including phenoxy) is 1. The van der Waals surface area contributed by atoms with Crippen LogP contribution in [0.4, 0.5) is 11.4 Å². The molecule has 1 fully saturated rings. The lowest BCUT2D eigenvalue weighted by Crippen LogP contribution is -2.40. The normalized spacial score (nSPS) is 16.5. The average molecular weight is 406 g/mol. The van der Waals surface area contributed by atoms with Gasteiger partial charge < -0.3 is 15.0 Å². The van der Waals surface area contributed by atoms with Gasteiger partial charge in [-0.15, -0.1) is 0 Å². The molecule has 0 unspecified atom stereocenters. The fraction of sp³-hybridized carbons (Fsp3) is 0.391. The number of nitrogens with zero attached hydrogens (tertiary/aromatic N) is 4. The third-order valence-electron chi connectivity index (χ3n) is 5.69. The van der Waals surface area contributed by atoms with E-state index in [4.69, 9.17) is 4.74 Å². The van der Waals surface area contributed by atoms with Crippen LogP contribution in [0.3, 0.4) is 0 Å². The third kappa shape index (κ3) is 4.06. The Hall–Kier alpha value is -3.22. The number of aryl methyl sites for hydroxylation is 3. The average Bonchev–Trinajstić information content (AvgIpc) is 2.74. The molecule has 4 rings (SSSR count). The van der Waals surface area contributed by atoms with Crippen LogP contribution in [0.5, 0.6) is 5.75 Å². The van der Waals surface area contributed by atoms with E-state index in [0.717, 1.165) is 47.5 Å². The molecule has 1 amide bonds. The van der Waals surface area contributed by atoms with Gasteiger partial charge in [-0.2, -0.15) is 0 Å². The monoisotopic (exact) mass is 405 g/mol. The van der Waals surface area contributed by atoms with E-state index in [9.17, 15) is 4.79 Å². The minimum Gasteiger partial charge on any atom is -0.495 e. The maximum absolute atomic E-state index is 13.0. The summed E-state index contributed by atoms with van der Waals surface area (Å²) in [6.07, 6.45) is 3.63. The topological polar surface area (TPSA) is 80.2 Å². The highest BCUT2D eigenvalue weighted by Gasteiger charge is 2.27. The summed E-state index contributed by atoms with van der Waals surface area (Å²) < 4.78 is 5.39. The standard InChI is InChI=1S/C23H27N5O2/c1-14-7-8-21(30-4)19(10-14)27-23(29)17-6-5-9-28(13-17)18-11-20-22(24-12-18)26-16(3)15(2)25-20/h7-8,10-12,17H,5-6,9,13H2,1-4H3,(H,27,29)/t17-/m0/s1. The van der Waals surface area contributed by atoms with E-state index in [1.54, 1.807) is 7.11 Å². The number of rotatable bonds is 4. The number of piperidine rings is 1. The first-order valence-electron chi connectivity index (χ1n) is 10.3. The van der Waals surface area contributed by atoms with Crippen molar-refractivity contribution < 1.29 is 9.53 Å². The summed E-state index contributed by atoms with van der Waals surface area (Å²) in [5, 5.41) is 3.06. The summed E-state index contributed by atoms with van der Waals surface area (Å²) in [4.78, 5) is 28.8. The van der Waals surface area contributed by atoms with Crippen LogP contribution >= 0.6 is 0 Å². The number of carbonyl (C=O) groups is 1. The van der Waals surface area contributed by atoms with Crippen LogP contribution in [0.15, 0.2) is 30.5 Å². The number of amides is 1. The zero-order valence-electron chi connectivity index (χ0n) is 17.9. The second-order valence-electron chi connectivity index (χ2n) is 7.91. The first-order valence-corrected chi connectivity index (χ1v) is 10.3. The largest absolute Gasteiger partial charge is 0.495 e. The van der Waals surface area contributed by atoms with E-state index < -0.39 is 0 Å². The predicted molar refractivity (Wildman–Crippen MR) is 118 cm³/mol. The molecule has 156 valence electrons. The maximum Gasteiger partial charge on any atom is 0.229 e. The van der Waals surface area contributed by atoms with Crippen molar-refractivity contribution in [3.05, 3.63) is 47.4 Å². The van der Waals surface area contributed by atoms with Crippen molar-refractivity contribution in [3.8, 4) is 5.75 Å². The molecule has 1 aliphatic rings. The van der Waals surface area contributed by atoms with Gasteiger partial charge in [0.2, 0.25) is 5.91 Å². The van der Waals surface area contributed by atoms with Crippen LogP contribution in [0.2, 0.25) is 0 Å². The van der Waals surface area contributed by atoms with Crippen LogP contribution in [-0.4, -0.2) is 41.1 Å². The van der Waals surface area contributed by atoms with Gasteiger partial charge in [-0.25, -0.2) is 15.0 Å². The molecule has 1 N–H and O–H groups in total. The van der Waals surface area contributed by atoms with Crippen molar-refractivity contribution in [2.45, 2.75) is 33.6 Å². The number of fused-ring (bicyclic) bond motifs is 1. The van der Waals surface area contributed by atoms with Crippen molar-refractivity contribution >= 4 is 28.4 Å². The van der Waals surface area contributed by atoms with E-state index >= 15 is 0 Å². The molecule has 30 heavy (non-hydrogen) atoms. The molecule has 1 saturated heterocycles. The van der Waals surface area contributed by atoms with Crippen LogP contribution < -0.4 is 15.0 Å². The summed E-state index contributed by atoms with van der Waals surface area (Å²) in [5.74, 6) is 0.582. The molecule has 0 spiro atoms. The van der Waals surface area contributed by atoms with Gasteiger partial charge in [0.25, 0.3) is 0 Å². The molecular formula is C23H27N5O2. The summed E-state index contributed by atoms with van der Waals surface area (Å²) >= 11 is 0. The fourth-order valence-electron chi connectivity index (χ4n) is 3.86. The highest BCUT2D eigenvalue weighted by atomic mass is 16.5. The first kappa shape index (κ1) is 20.1. The van der Waals surface area contributed by atoms with Crippen molar-refractivity contribution in [2.75, 3.05) is 30.4 Å². The van der Waals surface area contributed by atoms with Crippen molar-refractivity contribution in [3.63, 3.8) is 0 Å². The van der Waals surface area contributed by atoms with Gasteiger partial charge in [0.05, 0.1) is 42.0 Å². The lowest BCUT2D eigenvalue weighted by Gasteiger charge is -2.33. The van der Waals surface area contributed by atoms with Crippen LogP contribution in [0, 0.1) is 26.7 Å². The summed E-state index contributed by atoms with van der Waals surface area (Å²) in [5.41, 5.74) is 6.00. The molecule has 0 aliphatic carbocycles. The molecule has 1 atom stereocenters. The van der Waals surface area contributed by atoms with E-state index in [1.165, 1.54) is 0 Å². The highest BCUT2D eigenvalue weighted by Crippen LogP contribution is 2.29. The number of pyridine rings is 1. The maximum atomic E-state index is 13.0. The SMILES string of the molecule is COc1ccc(C)cc1NC(=O)[C@H]1CCCN(c2cnc3nc(C)c(C)nc3c2)C1. The zero-order chi connectivity index (χ0) is 21.3. The number of benzene rings is 1. The Morgan fingerprint density at radius 2 is 1.97 bits per heavy atom. The number of carbonyl (C=O) groups excluding carboxylic acids is 1. The van der Waals surface area contributed by atoms with Gasteiger partial charge in [0.15, 0.2) is 5.65 Å². The molecule has 3 heterocycles. The predicted octanol–water partition coefficient (Wildman–Crippen LogP) is 3.81. The van der Waals surface area contributed by atoms with Crippen molar-refractivity contribution in [1.82, 2.24) is 15.0 Å². The van der Waals surface area contributed by atoms with Gasteiger partial charge in [0, 0.05) is 13.1 Å². The van der Waals surface area contributed by atoms with Crippen LogP contribution in [0.25, 0.3) is 11.2 Å². The van der Waals surface area contributed by atoms with E-state index in [-0.39, 0.29) is 11.8 Å². The minimum atomic E-state index is -0.106. The number of anilines is 2. The molecule has 2 aromatic heterocycles. The Morgan fingerprint density at radius 3 is 2.77 bits per heavy atom. The number of methoxy groups -OCH3 is 1. The Labute approximate surface area is 176 Å². The molecule has 0 saturated carbocycles. The van der Waals surface area contributed by atoms with Gasteiger partial charge in [0.1, 0.15) is 11.3 Å². The van der Waals surface area contributed by atoms with Crippen LogP contribution in [-0.2, 0) is 4.79 Å². The molecule has 0 bridgehead atoms. The number of aromatic nitrogens is 3. The molecule has 1 aliphatic heterocycles. The highest BCUT2D eigenvalue weighted by molar-refractivity contribution is 5.94. The van der Waals surface area contributed by atoms with Crippen molar-refractivity contribution in [1.29, 1.82) is 0 Å². The van der Waals surface area contributed by atoms with Gasteiger partial charge in [-0.3, -0.25) is 4.79 Å². The second-order valence-corrected chi connectivity index (χ2v) is 7.91. The van der Waals surface area contributed by atoms with E-state index in [2.05, 4.69) is 25.2 Å². The Kier molecular flexibility index (Phi) is 5.53. The third-order valence-corrected chi connectivity index (χ3v) is 5.69. The summed E-state index contributed by atoms with van der Waals surface area (Å²) in [6.45, 7) is 7.43. The zero-order valence-corrected chi connectivity index (χ0v) is 17.9. The van der Waals surface area contributed by atoms with Gasteiger partial charge in [-0.1, -0.05) is 6.07 Å². The molecule has 7 heteroatoms. The second kappa shape index (κ2) is 8.26. The van der Waals surface area contributed by atoms with E-state index in [0.29, 0.717) is 23.6 Å². The number of hydrogen-bond acceptors (Lipinski definition) is 6. The Bertz CT molecular complexity index is 1100. The Balaban J connectivity index is 1.52. The number of hydrogen-bond donors (Lipinski definition) is 1. The lowest BCUT2D eigenvalue weighted by atomic mass is 9.96. The molecular weight excluding hydrogens is 378 g/mol. The molecule has 7 nitrogen and oxygen atoms in total. The molecule has 0 radical (unpaired) electrons. The van der Waals surface area contributed by atoms with Gasteiger partial charge in [-0.05, 0) is 57.4 Å². The smallest absolute Gasteiger partial charge is 0.229 e. The summed E-state index contributed by atoms with van der Waals surface area (Å²) in [7, 11) is 1.61. The molecule has 3 aromatic rings. The fourth-order valence-corrected chi connectivity index (χ4v) is 3.86. The van der Waals surface area contributed by atoms with Crippen LogP contribution in [0.1, 0.15) is 29.8 Å². The molecule has 1 aromatic carbocycles. The lowest BCUT2D eigenvalue weighted by molar-refractivity contribution is -0.120. The summed E-state index contributed by atoms with van der Waals surface area (Å²) in [6, 6.07) is 7.80.